The normalized spacial score (nSPS) is 10.8. The molecule has 0 aliphatic heterocycles. The molecular formula is C5H10N4O. The Morgan fingerprint density at radius 1 is 1.40 bits per heavy atom. The van der Waals surface area contributed by atoms with Gasteiger partial charge in [0.15, 0.2) is 0 Å². The molecule has 5 nitrogen and oxygen atoms in total. The van der Waals surface area contributed by atoms with Crippen LogP contribution in [0.1, 0.15) is 19.9 Å². The van der Waals surface area contributed by atoms with E-state index in [4.69, 9.17) is 0 Å². The van der Waals surface area contributed by atoms with Crippen molar-refractivity contribution in [3.63, 3.8) is 0 Å². The largest absolute Gasteiger partial charge is 0.363 e. The van der Waals surface area contributed by atoms with E-state index < -0.39 is 0 Å². The molecule has 1 rings (SSSR count). The Morgan fingerprint density at radius 3 is 2.20 bits per heavy atom. The van der Waals surface area contributed by atoms with E-state index in [2.05, 4.69) is 10.4 Å². The third kappa shape index (κ3) is 0.940. The van der Waals surface area contributed by atoms with Gasteiger partial charge in [-0.05, 0) is 24.3 Å². The van der Waals surface area contributed by atoms with Gasteiger partial charge in [0.1, 0.15) is 0 Å². The molecule has 0 amide bonds. The van der Waals surface area contributed by atoms with Crippen LogP contribution < -0.4 is 5.69 Å². The third-order valence-electron chi connectivity index (χ3n) is 1.23. The smallest absolute Gasteiger partial charge is 0.244 e. The molecular weight excluding hydrogens is 132 g/mol. The van der Waals surface area contributed by atoms with Gasteiger partial charge in [-0.15, -0.1) is 0 Å². The van der Waals surface area contributed by atoms with Gasteiger partial charge in [0.05, 0.1) is 6.04 Å². The Morgan fingerprint density at radius 2 is 2.00 bits per heavy atom. The van der Waals surface area contributed by atoms with E-state index in [-0.39, 0.29) is 11.7 Å². The van der Waals surface area contributed by atoms with Crippen LogP contribution in [0.15, 0.2) is 4.79 Å². The van der Waals surface area contributed by atoms with Gasteiger partial charge in [-0.3, -0.25) is 0 Å². The lowest BCUT2D eigenvalue weighted by Gasteiger charge is -1.98. The molecule has 0 radical (unpaired) electrons. The van der Waals surface area contributed by atoms with Gasteiger partial charge in [0.2, 0.25) is 0 Å². The van der Waals surface area contributed by atoms with Gasteiger partial charge in [-0.2, -0.15) is 9.36 Å². The molecule has 5 heteroatoms. The molecule has 56 valence electrons. The molecule has 0 saturated carbocycles. The zero-order valence-electron chi connectivity index (χ0n) is 6.27. The summed E-state index contributed by atoms with van der Waals surface area (Å²) in [6.45, 7) is 3.77. The van der Waals surface area contributed by atoms with Crippen LogP contribution in [0.25, 0.3) is 0 Å². The van der Waals surface area contributed by atoms with E-state index in [1.165, 1.54) is 9.36 Å². The summed E-state index contributed by atoms with van der Waals surface area (Å²) in [6.07, 6.45) is 0. The molecule has 0 fully saturated rings. The van der Waals surface area contributed by atoms with Crippen LogP contribution in [0.2, 0.25) is 0 Å². The molecule has 1 heterocycles. The minimum atomic E-state index is -0.171. The molecule has 10 heavy (non-hydrogen) atoms. The molecule has 1 aromatic rings. The van der Waals surface area contributed by atoms with E-state index in [1.807, 2.05) is 13.8 Å². The summed E-state index contributed by atoms with van der Waals surface area (Å²) in [7, 11) is 1.58. The first-order valence-electron chi connectivity index (χ1n) is 3.11. The highest BCUT2D eigenvalue weighted by molar-refractivity contribution is 4.59. The average Bonchev–Trinajstić information content (AvgIpc) is 2.14. The number of nitrogens with zero attached hydrogens (tertiary/aromatic N) is 4. The Kier molecular flexibility index (Phi) is 1.57. The van der Waals surface area contributed by atoms with Gasteiger partial charge in [0, 0.05) is 7.05 Å². The van der Waals surface area contributed by atoms with Crippen LogP contribution in [-0.4, -0.2) is 19.8 Å². The Balaban J connectivity index is 3.18. The highest BCUT2D eigenvalue weighted by atomic mass is 16.2. The SMILES string of the molecule is CC(C)n1nnn(C)c1=O. The first-order valence-corrected chi connectivity index (χ1v) is 3.11. The zero-order chi connectivity index (χ0) is 7.72. The van der Waals surface area contributed by atoms with Crippen LogP contribution in [0, 0.1) is 0 Å². The van der Waals surface area contributed by atoms with Crippen molar-refractivity contribution in [2.24, 2.45) is 7.05 Å². The van der Waals surface area contributed by atoms with Crippen LogP contribution in [0.4, 0.5) is 0 Å². The fraction of sp³-hybridized carbons (Fsp3) is 0.800. The maximum atomic E-state index is 11.0. The van der Waals surface area contributed by atoms with Crippen LogP contribution in [0.3, 0.4) is 0 Å². The van der Waals surface area contributed by atoms with Gasteiger partial charge in [0.25, 0.3) is 0 Å². The second-order valence-corrected chi connectivity index (χ2v) is 2.42. The monoisotopic (exact) mass is 142 g/mol. The van der Waals surface area contributed by atoms with E-state index in [0.29, 0.717) is 0 Å². The van der Waals surface area contributed by atoms with Crippen molar-refractivity contribution in [2.45, 2.75) is 19.9 Å². The van der Waals surface area contributed by atoms with Crippen LogP contribution in [0.5, 0.6) is 0 Å². The molecule has 0 spiro atoms. The second kappa shape index (κ2) is 2.24. The Hall–Kier alpha value is -1.13. The lowest BCUT2D eigenvalue weighted by Crippen LogP contribution is -2.24. The Labute approximate surface area is 58.2 Å². The maximum absolute atomic E-state index is 11.0. The summed E-state index contributed by atoms with van der Waals surface area (Å²) < 4.78 is 2.54. The first-order chi connectivity index (χ1) is 4.63. The minimum absolute atomic E-state index is 0.0844. The van der Waals surface area contributed by atoms with Gasteiger partial charge >= 0.3 is 5.69 Å². The molecule has 0 aromatic carbocycles. The lowest BCUT2D eigenvalue weighted by atomic mass is 10.4. The molecule has 0 aliphatic rings. The van der Waals surface area contributed by atoms with E-state index in [9.17, 15) is 4.79 Å². The fourth-order valence-corrected chi connectivity index (χ4v) is 0.652. The predicted octanol–water partition coefficient (Wildman–Crippen LogP) is -0.442. The average molecular weight is 142 g/mol. The van der Waals surface area contributed by atoms with Crippen molar-refractivity contribution >= 4 is 0 Å². The summed E-state index contributed by atoms with van der Waals surface area (Å²) in [6, 6.07) is 0.0844. The van der Waals surface area contributed by atoms with Gasteiger partial charge in [-0.25, -0.2) is 4.79 Å². The number of aromatic nitrogens is 4. The maximum Gasteiger partial charge on any atom is 0.363 e. The van der Waals surface area contributed by atoms with Crippen LogP contribution in [-0.2, 0) is 7.05 Å². The van der Waals surface area contributed by atoms with E-state index in [0.717, 1.165) is 0 Å². The summed E-state index contributed by atoms with van der Waals surface area (Å²) in [5, 5.41) is 7.19. The molecule has 0 saturated heterocycles. The van der Waals surface area contributed by atoms with Crippen molar-refractivity contribution < 1.29 is 0 Å². The number of hydrogen-bond acceptors (Lipinski definition) is 3. The first kappa shape index (κ1) is 6.98. The van der Waals surface area contributed by atoms with E-state index >= 15 is 0 Å². The Bertz CT molecular complexity index is 271. The standard InChI is InChI=1S/C5H10N4O/c1-4(2)9-5(10)8(3)6-7-9/h4H,1-3H3. The van der Waals surface area contributed by atoms with Crippen molar-refractivity contribution in [1.82, 2.24) is 19.8 Å². The summed E-state index contributed by atoms with van der Waals surface area (Å²) in [5.41, 5.74) is -0.171. The van der Waals surface area contributed by atoms with Gasteiger partial charge in [-0.1, -0.05) is 0 Å². The van der Waals surface area contributed by atoms with E-state index in [1.54, 1.807) is 7.05 Å². The molecule has 1 aromatic heterocycles. The van der Waals surface area contributed by atoms with Gasteiger partial charge < -0.3 is 0 Å². The topological polar surface area (TPSA) is 52.7 Å². The highest BCUT2D eigenvalue weighted by Crippen LogP contribution is 1.92. The summed E-state index contributed by atoms with van der Waals surface area (Å²) >= 11 is 0. The van der Waals surface area contributed by atoms with Crippen molar-refractivity contribution in [3.05, 3.63) is 10.5 Å². The second-order valence-electron chi connectivity index (χ2n) is 2.42. The third-order valence-corrected chi connectivity index (χ3v) is 1.23. The zero-order valence-corrected chi connectivity index (χ0v) is 6.27. The molecule has 0 aliphatic carbocycles. The van der Waals surface area contributed by atoms with Crippen molar-refractivity contribution in [1.29, 1.82) is 0 Å². The number of rotatable bonds is 1. The molecule has 0 N–H and O–H groups in total. The number of hydrogen-bond donors (Lipinski definition) is 0. The highest BCUT2D eigenvalue weighted by Gasteiger charge is 2.04. The number of aryl methyl sites for hydroxylation is 1. The predicted molar refractivity (Wildman–Crippen MR) is 35.6 cm³/mol. The summed E-state index contributed by atoms with van der Waals surface area (Å²) in [5.74, 6) is 0. The molecule has 0 atom stereocenters. The number of tetrazole rings is 1. The quantitative estimate of drug-likeness (QED) is 0.534. The van der Waals surface area contributed by atoms with Crippen molar-refractivity contribution in [2.75, 3.05) is 0 Å². The lowest BCUT2D eigenvalue weighted by molar-refractivity contribution is 0.500. The molecule has 0 bridgehead atoms. The minimum Gasteiger partial charge on any atom is -0.244 e. The van der Waals surface area contributed by atoms with Crippen molar-refractivity contribution in [3.8, 4) is 0 Å². The van der Waals surface area contributed by atoms with Crippen LogP contribution >= 0.6 is 0 Å². The fourth-order valence-electron chi connectivity index (χ4n) is 0.652. The summed E-state index contributed by atoms with van der Waals surface area (Å²) in [4.78, 5) is 11.0. The molecule has 0 unspecified atom stereocenters.